The molecule has 0 amide bonds. The molecule has 4 rings (SSSR count). The minimum Gasteiger partial charge on any atom is -0.383 e. The van der Waals surface area contributed by atoms with Crippen molar-refractivity contribution in [2.24, 2.45) is 0 Å². The van der Waals surface area contributed by atoms with Gasteiger partial charge in [-0.05, 0) is 24.3 Å². The fourth-order valence-electron chi connectivity index (χ4n) is 2.55. The summed E-state index contributed by atoms with van der Waals surface area (Å²) in [5.74, 6) is 0.579. The van der Waals surface area contributed by atoms with Gasteiger partial charge in [-0.3, -0.25) is 9.89 Å². The van der Waals surface area contributed by atoms with Crippen LogP contribution in [0.2, 0.25) is 0 Å². The Kier molecular flexibility index (Phi) is 3.24. The molecule has 0 radical (unpaired) electrons. The summed E-state index contributed by atoms with van der Waals surface area (Å²) >= 11 is 0. The van der Waals surface area contributed by atoms with Crippen molar-refractivity contribution in [3.05, 3.63) is 71.0 Å². The number of nitrogens with one attached hydrogen (secondary N) is 2. The number of aromatic amines is 1. The second kappa shape index (κ2) is 5.54. The Labute approximate surface area is 136 Å². The predicted octanol–water partition coefficient (Wildman–Crippen LogP) is 2.43. The first-order valence-electron chi connectivity index (χ1n) is 7.38. The number of rotatable bonds is 3. The van der Waals surface area contributed by atoms with E-state index < -0.39 is 0 Å². The van der Waals surface area contributed by atoms with E-state index in [9.17, 15) is 4.79 Å². The van der Waals surface area contributed by atoms with E-state index in [2.05, 4.69) is 20.5 Å². The van der Waals surface area contributed by atoms with Gasteiger partial charge in [0.25, 0.3) is 5.56 Å². The van der Waals surface area contributed by atoms with Gasteiger partial charge in [0.1, 0.15) is 11.2 Å². The lowest BCUT2D eigenvalue weighted by molar-refractivity contribution is 0.969. The van der Waals surface area contributed by atoms with Crippen LogP contribution in [0.15, 0.2) is 65.5 Å². The Balaban J connectivity index is 1.99. The van der Waals surface area contributed by atoms with Crippen LogP contribution in [0.25, 0.3) is 16.7 Å². The highest BCUT2D eigenvalue weighted by molar-refractivity contribution is 5.86. The maximum atomic E-state index is 13.0. The highest BCUT2D eigenvalue weighted by Gasteiger charge is 2.17. The van der Waals surface area contributed by atoms with Gasteiger partial charge in [-0.15, -0.1) is 0 Å². The fourth-order valence-corrected chi connectivity index (χ4v) is 2.55. The summed E-state index contributed by atoms with van der Waals surface area (Å²) in [7, 11) is 0. The molecule has 24 heavy (non-hydrogen) atoms. The van der Waals surface area contributed by atoms with Crippen LogP contribution in [0.4, 0.5) is 17.5 Å². The van der Waals surface area contributed by atoms with E-state index in [4.69, 9.17) is 5.73 Å². The molecule has 4 aromatic rings. The van der Waals surface area contributed by atoms with Crippen molar-refractivity contribution < 1.29 is 0 Å². The third-order valence-corrected chi connectivity index (χ3v) is 3.66. The molecule has 2 aromatic carbocycles. The van der Waals surface area contributed by atoms with Crippen molar-refractivity contribution in [1.82, 2.24) is 19.7 Å². The van der Waals surface area contributed by atoms with E-state index in [1.54, 1.807) is 0 Å². The van der Waals surface area contributed by atoms with Crippen molar-refractivity contribution in [3.63, 3.8) is 0 Å². The van der Waals surface area contributed by atoms with Crippen LogP contribution in [-0.2, 0) is 0 Å². The van der Waals surface area contributed by atoms with Gasteiger partial charge in [0.2, 0.25) is 5.95 Å². The molecule has 7 heteroatoms. The average molecular weight is 318 g/mol. The van der Waals surface area contributed by atoms with Gasteiger partial charge in [-0.2, -0.15) is 10.1 Å². The van der Waals surface area contributed by atoms with E-state index in [-0.39, 0.29) is 22.4 Å². The average Bonchev–Trinajstić information content (AvgIpc) is 2.98. The molecule has 0 saturated heterocycles. The molecule has 0 bridgehead atoms. The minimum atomic E-state index is -0.282. The Morgan fingerprint density at radius 1 is 1.00 bits per heavy atom. The number of hydrogen-bond donors (Lipinski definition) is 3. The lowest BCUT2D eigenvalue weighted by atomic mass is 10.3. The molecule has 0 saturated carbocycles. The smallest absolute Gasteiger partial charge is 0.272 e. The van der Waals surface area contributed by atoms with Crippen molar-refractivity contribution in [3.8, 4) is 5.69 Å². The minimum absolute atomic E-state index is 0.207. The van der Waals surface area contributed by atoms with E-state index in [1.165, 1.54) is 4.57 Å². The summed E-state index contributed by atoms with van der Waals surface area (Å²) in [6.45, 7) is 0. The van der Waals surface area contributed by atoms with Gasteiger partial charge in [0, 0.05) is 5.69 Å². The van der Waals surface area contributed by atoms with Gasteiger partial charge < -0.3 is 11.1 Å². The Bertz CT molecular complexity index is 1050. The molecule has 7 nitrogen and oxygen atoms in total. The first kappa shape index (κ1) is 14.0. The van der Waals surface area contributed by atoms with Crippen LogP contribution in [0.3, 0.4) is 0 Å². The number of anilines is 3. The number of nitrogens with two attached hydrogens (primary N) is 1. The van der Waals surface area contributed by atoms with Crippen LogP contribution in [-0.4, -0.2) is 19.7 Å². The zero-order chi connectivity index (χ0) is 16.5. The van der Waals surface area contributed by atoms with Crippen molar-refractivity contribution in [1.29, 1.82) is 0 Å². The molecule has 0 fully saturated rings. The highest BCUT2D eigenvalue weighted by Crippen LogP contribution is 2.20. The Morgan fingerprint density at radius 3 is 2.38 bits per heavy atom. The summed E-state index contributed by atoms with van der Waals surface area (Å²) in [6, 6.07) is 18.8. The first-order chi connectivity index (χ1) is 11.7. The zero-order valence-corrected chi connectivity index (χ0v) is 12.6. The van der Waals surface area contributed by atoms with E-state index in [1.807, 2.05) is 60.7 Å². The molecule has 0 aliphatic heterocycles. The number of aromatic nitrogens is 4. The normalized spacial score (nSPS) is 10.8. The standard InChI is InChI=1S/C17H14N6O/c18-14-13-15(22-21-14)20-17(19-11-7-3-1-4-8-11)23(16(13)24)12-9-5-2-6-10-12/h1-10H,(H4,18,19,20,21,22). The summed E-state index contributed by atoms with van der Waals surface area (Å²) in [5.41, 5.74) is 7.34. The monoisotopic (exact) mass is 318 g/mol. The number of hydrogen-bond acceptors (Lipinski definition) is 5. The Morgan fingerprint density at radius 2 is 1.67 bits per heavy atom. The van der Waals surface area contributed by atoms with Crippen LogP contribution >= 0.6 is 0 Å². The number of nitrogen functional groups attached to an aromatic ring is 1. The largest absolute Gasteiger partial charge is 0.383 e. The van der Waals surface area contributed by atoms with Crippen molar-refractivity contribution in [2.45, 2.75) is 0 Å². The van der Waals surface area contributed by atoms with Crippen molar-refractivity contribution >= 4 is 28.5 Å². The number of nitrogens with zero attached hydrogens (tertiary/aromatic N) is 3. The topological polar surface area (TPSA) is 102 Å². The molecular weight excluding hydrogens is 304 g/mol. The molecule has 0 aliphatic rings. The SMILES string of the molecule is Nc1[nH]nc2nc(Nc3ccccc3)n(-c3ccccc3)c(=O)c12. The lowest BCUT2D eigenvalue weighted by Crippen LogP contribution is -2.23. The maximum Gasteiger partial charge on any atom is 0.272 e. The van der Waals surface area contributed by atoms with E-state index in [0.717, 1.165) is 5.69 Å². The number of fused-ring (bicyclic) bond motifs is 1. The third kappa shape index (κ3) is 2.28. The molecule has 0 spiro atoms. The van der Waals surface area contributed by atoms with Gasteiger partial charge in [-0.1, -0.05) is 36.4 Å². The molecule has 118 valence electrons. The third-order valence-electron chi connectivity index (χ3n) is 3.66. The summed E-state index contributed by atoms with van der Waals surface area (Å²) < 4.78 is 1.49. The molecule has 2 aromatic heterocycles. The van der Waals surface area contributed by atoms with Crippen LogP contribution in [0.5, 0.6) is 0 Å². The van der Waals surface area contributed by atoms with Gasteiger partial charge in [-0.25, -0.2) is 4.57 Å². The van der Waals surface area contributed by atoms with Crippen LogP contribution in [0, 0.1) is 0 Å². The second-order valence-corrected chi connectivity index (χ2v) is 5.24. The molecule has 0 aliphatic carbocycles. The molecule has 2 heterocycles. The number of H-pyrrole nitrogens is 1. The molecular formula is C17H14N6O. The van der Waals surface area contributed by atoms with Crippen molar-refractivity contribution in [2.75, 3.05) is 11.1 Å². The van der Waals surface area contributed by atoms with Gasteiger partial charge >= 0.3 is 0 Å². The predicted molar refractivity (Wildman–Crippen MR) is 93.6 cm³/mol. The molecule has 0 unspecified atom stereocenters. The van der Waals surface area contributed by atoms with E-state index >= 15 is 0 Å². The summed E-state index contributed by atoms with van der Waals surface area (Å²) in [4.78, 5) is 17.4. The van der Waals surface area contributed by atoms with Crippen LogP contribution in [0.1, 0.15) is 0 Å². The highest BCUT2D eigenvalue weighted by atomic mass is 16.1. The lowest BCUT2D eigenvalue weighted by Gasteiger charge is -2.13. The van der Waals surface area contributed by atoms with Gasteiger partial charge in [0.05, 0.1) is 5.69 Å². The summed E-state index contributed by atoms with van der Waals surface area (Å²) in [5, 5.41) is 10.1. The fraction of sp³-hybridized carbons (Fsp3) is 0. The van der Waals surface area contributed by atoms with Crippen LogP contribution < -0.4 is 16.6 Å². The van der Waals surface area contributed by atoms with E-state index in [0.29, 0.717) is 11.6 Å². The first-order valence-corrected chi connectivity index (χ1v) is 7.38. The molecule has 0 atom stereocenters. The maximum absolute atomic E-state index is 13.0. The quantitative estimate of drug-likeness (QED) is 0.538. The second-order valence-electron chi connectivity index (χ2n) is 5.24. The zero-order valence-electron chi connectivity index (χ0n) is 12.6. The number of benzene rings is 2. The molecule has 4 N–H and O–H groups in total. The number of para-hydroxylation sites is 2. The Hall–Kier alpha value is -3.61. The summed E-state index contributed by atoms with van der Waals surface area (Å²) in [6.07, 6.45) is 0. The van der Waals surface area contributed by atoms with Gasteiger partial charge in [0.15, 0.2) is 5.65 Å².